The highest BCUT2D eigenvalue weighted by atomic mass is 16.3. The van der Waals surface area contributed by atoms with Crippen molar-refractivity contribution >= 4 is 17.3 Å². The van der Waals surface area contributed by atoms with Crippen LogP contribution in [0.15, 0.2) is 47.1 Å². The second-order valence-corrected chi connectivity index (χ2v) is 4.97. The van der Waals surface area contributed by atoms with Crippen LogP contribution in [0.5, 0.6) is 0 Å². The van der Waals surface area contributed by atoms with Crippen molar-refractivity contribution in [2.75, 3.05) is 30.9 Å². The Labute approximate surface area is 124 Å². The monoisotopic (exact) mass is 287 g/mol. The van der Waals surface area contributed by atoms with Crippen LogP contribution in [0.25, 0.3) is 0 Å². The molecule has 0 unspecified atom stereocenters. The van der Waals surface area contributed by atoms with Gasteiger partial charge in [0, 0.05) is 38.4 Å². The number of benzene rings is 1. The smallest absolute Gasteiger partial charge is 0.222 e. The van der Waals surface area contributed by atoms with Gasteiger partial charge in [0.05, 0.1) is 12.8 Å². The van der Waals surface area contributed by atoms with Crippen molar-refractivity contribution in [3.8, 4) is 0 Å². The van der Waals surface area contributed by atoms with Crippen LogP contribution in [0.4, 0.5) is 11.4 Å². The Bertz CT molecular complexity index is 547. The van der Waals surface area contributed by atoms with E-state index in [2.05, 4.69) is 10.6 Å². The van der Waals surface area contributed by atoms with Gasteiger partial charge in [-0.05, 0) is 36.4 Å². The molecule has 0 spiro atoms. The minimum absolute atomic E-state index is 0.00353. The van der Waals surface area contributed by atoms with E-state index in [1.807, 2.05) is 49.3 Å². The van der Waals surface area contributed by atoms with Gasteiger partial charge in [0.15, 0.2) is 0 Å². The second kappa shape index (κ2) is 7.38. The summed E-state index contributed by atoms with van der Waals surface area (Å²) in [5.74, 6) is 0.763. The predicted molar refractivity (Wildman–Crippen MR) is 84.4 cm³/mol. The van der Waals surface area contributed by atoms with Crippen molar-refractivity contribution in [3.63, 3.8) is 0 Å². The summed E-state index contributed by atoms with van der Waals surface area (Å²) in [6.07, 6.45) is 2.02. The molecule has 0 aliphatic carbocycles. The molecule has 21 heavy (non-hydrogen) atoms. The van der Waals surface area contributed by atoms with Crippen molar-refractivity contribution in [1.29, 1.82) is 0 Å². The van der Waals surface area contributed by atoms with Gasteiger partial charge in [0.1, 0.15) is 5.76 Å². The fourth-order valence-corrected chi connectivity index (χ4v) is 1.89. The van der Waals surface area contributed by atoms with E-state index in [1.165, 1.54) is 0 Å². The van der Waals surface area contributed by atoms with Gasteiger partial charge in [-0.3, -0.25) is 4.79 Å². The molecule has 0 bridgehead atoms. The van der Waals surface area contributed by atoms with Crippen molar-refractivity contribution < 1.29 is 9.21 Å². The summed E-state index contributed by atoms with van der Waals surface area (Å²) in [7, 11) is 4.01. The largest absolute Gasteiger partial charge is 0.467 e. The average Bonchev–Trinajstić information content (AvgIpc) is 2.99. The summed E-state index contributed by atoms with van der Waals surface area (Å²) in [6, 6.07) is 11.7. The SMILES string of the molecule is CN(C)c1ccc(NCCC(=O)NCc2ccco2)cc1. The van der Waals surface area contributed by atoms with Crippen LogP contribution in [0.3, 0.4) is 0 Å². The molecule has 2 aromatic rings. The lowest BCUT2D eigenvalue weighted by molar-refractivity contribution is -0.121. The van der Waals surface area contributed by atoms with E-state index >= 15 is 0 Å². The maximum atomic E-state index is 11.7. The molecule has 0 radical (unpaired) electrons. The third-order valence-corrected chi connectivity index (χ3v) is 3.10. The molecule has 5 nitrogen and oxygen atoms in total. The van der Waals surface area contributed by atoms with Gasteiger partial charge >= 0.3 is 0 Å². The van der Waals surface area contributed by atoms with E-state index in [4.69, 9.17) is 4.42 Å². The van der Waals surface area contributed by atoms with Crippen LogP contribution in [0, 0.1) is 0 Å². The number of amides is 1. The number of rotatable bonds is 7. The molecule has 1 amide bonds. The standard InChI is InChI=1S/C16H21N3O2/c1-19(2)14-7-5-13(6-8-14)17-10-9-16(20)18-12-15-4-3-11-21-15/h3-8,11,17H,9-10,12H2,1-2H3,(H,18,20). The minimum atomic E-state index is 0.00353. The number of hydrogen-bond acceptors (Lipinski definition) is 4. The second-order valence-electron chi connectivity index (χ2n) is 4.97. The summed E-state index contributed by atoms with van der Waals surface area (Å²) in [4.78, 5) is 13.7. The predicted octanol–water partition coefficient (Wildman–Crippen LogP) is 2.46. The van der Waals surface area contributed by atoms with Crippen LogP contribution < -0.4 is 15.5 Å². The van der Waals surface area contributed by atoms with Gasteiger partial charge in [-0.1, -0.05) is 0 Å². The maximum Gasteiger partial charge on any atom is 0.222 e. The fourth-order valence-electron chi connectivity index (χ4n) is 1.89. The lowest BCUT2D eigenvalue weighted by Gasteiger charge is -2.13. The molecule has 2 N–H and O–H groups in total. The summed E-state index contributed by atoms with van der Waals surface area (Å²) < 4.78 is 5.15. The van der Waals surface area contributed by atoms with E-state index in [0.29, 0.717) is 19.5 Å². The van der Waals surface area contributed by atoms with Crippen LogP contribution in [0.1, 0.15) is 12.2 Å². The number of hydrogen-bond donors (Lipinski definition) is 2. The molecule has 0 aliphatic rings. The normalized spacial score (nSPS) is 10.2. The van der Waals surface area contributed by atoms with Gasteiger partial charge < -0.3 is 20.0 Å². The third-order valence-electron chi connectivity index (χ3n) is 3.10. The van der Waals surface area contributed by atoms with Crippen molar-refractivity contribution in [1.82, 2.24) is 5.32 Å². The zero-order valence-electron chi connectivity index (χ0n) is 12.4. The van der Waals surface area contributed by atoms with Crippen LogP contribution >= 0.6 is 0 Å². The van der Waals surface area contributed by atoms with Gasteiger partial charge in [0.2, 0.25) is 5.91 Å². The van der Waals surface area contributed by atoms with Gasteiger partial charge in [0.25, 0.3) is 0 Å². The number of carbonyl (C=O) groups excluding carboxylic acids is 1. The molecule has 1 heterocycles. The molecule has 0 atom stereocenters. The quantitative estimate of drug-likeness (QED) is 0.821. The van der Waals surface area contributed by atoms with Crippen molar-refractivity contribution in [3.05, 3.63) is 48.4 Å². The fraction of sp³-hybridized carbons (Fsp3) is 0.312. The molecule has 0 fully saturated rings. The molecular weight excluding hydrogens is 266 g/mol. The van der Waals surface area contributed by atoms with E-state index in [0.717, 1.165) is 17.1 Å². The Morgan fingerprint density at radius 3 is 2.57 bits per heavy atom. The first-order chi connectivity index (χ1) is 10.1. The average molecular weight is 287 g/mol. The van der Waals surface area contributed by atoms with Gasteiger partial charge in [-0.15, -0.1) is 0 Å². The summed E-state index contributed by atoms with van der Waals surface area (Å²) in [5, 5.41) is 6.05. The number of anilines is 2. The number of nitrogens with one attached hydrogen (secondary N) is 2. The number of nitrogens with zero attached hydrogens (tertiary/aromatic N) is 1. The highest BCUT2D eigenvalue weighted by Crippen LogP contribution is 2.15. The zero-order valence-corrected chi connectivity index (χ0v) is 12.4. The topological polar surface area (TPSA) is 57.5 Å². The molecule has 112 valence electrons. The molecular formula is C16H21N3O2. The molecule has 5 heteroatoms. The number of carbonyl (C=O) groups is 1. The Balaban J connectivity index is 1.67. The molecule has 2 rings (SSSR count). The third kappa shape index (κ3) is 4.87. The molecule has 0 saturated heterocycles. The van der Waals surface area contributed by atoms with Gasteiger partial charge in [-0.2, -0.15) is 0 Å². The van der Waals surface area contributed by atoms with Gasteiger partial charge in [-0.25, -0.2) is 0 Å². The van der Waals surface area contributed by atoms with E-state index in [1.54, 1.807) is 12.3 Å². The first kappa shape index (κ1) is 15.0. The highest BCUT2D eigenvalue weighted by molar-refractivity contribution is 5.76. The van der Waals surface area contributed by atoms with E-state index < -0.39 is 0 Å². The zero-order chi connectivity index (χ0) is 15.1. The lowest BCUT2D eigenvalue weighted by Crippen LogP contribution is -2.24. The Morgan fingerprint density at radius 2 is 1.95 bits per heavy atom. The first-order valence-electron chi connectivity index (χ1n) is 6.95. The highest BCUT2D eigenvalue weighted by Gasteiger charge is 2.02. The summed E-state index contributed by atoms with van der Waals surface area (Å²) in [6.45, 7) is 1.04. The van der Waals surface area contributed by atoms with Crippen LogP contribution in [0.2, 0.25) is 0 Å². The Morgan fingerprint density at radius 1 is 1.19 bits per heavy atom. The molecule has 0 aliphatic heterocycles. The molecule has 1 aromatic carbocycles. The maximum absolute atomic E-state index is 11.7. The number of furan rings is 1. The summed E-state index contributed by atoms with van der Waals surface area (Å²) >= 11 is 0. The summed E-state index contributed by atoms with van der Waals surface area (Å²) in [5.41, 5.74) is 2.16. The Kier molecular flexibility index (Phi) is 5.26. The van der Waals surface area contributed by atoms with Crippen molar-refractivity contribution in [2.24, 2.45) is 0 Å². The minimum Gasteiger partial charge on any atom is -0.467 e. The first-order valence-corrected chi connectivity index (χ1v) is 6.95. The lowest BCUT2D eigenvalue weighted by atomic mass is 10.2. The Hall–Kier alpha value is -2.43. The van der Waals surface area contributed by atoms with Crippen molar-refractivity contribution in [2.45, 2.75) is 13.0 Å². The van der Waals surface area contributed by atoms with Crippen LogP contribution in [-0.4, -0.2) is 26.5 Å². The van der Waals surface area contributed by atoms with E-state index in [9.17, 15) is 4.79 Å². The van der Waals surface area contributed by atoms with E-state index in [-0.39, 0.29) is 5.91 Å². The molecule has 0 saturated carbocycles. The molecule has 1 aromatic heterocycles. The van der Waals surface area contributed by atoms with Crippen LogP contribution in [-0.2, 0) is 11.3 Å².